The van der Waals surface area contributed by atoms with Gasteiger partial charge in [0, 0.05) is 0 Å². The molecule has 4 nitrogen and oxygen atoms in total. The minimum absolute atomic E-state index is 0.347. The Morgan fingerprint density at radius 2 is 2.27 bits per heavy atom. The number of hydrazine groups is 1. The fraction of sp³-hybridized carbons (Fsp3) is 0.600. The summed E-state index contributed by atoms with van der Waals surface area (Å²) in [5.74, 6) is 0. The molecular weight excluding hydrogens is 184 g/mol. The van der Waals surface area contributed by atoms with Crippen LogP contribution in [-0.2, 0) is 4.74 Å². The molecule has 0 saturated heterocycles. The van der Waals surface area contributed by atoms with Crippen molar-refractivity contribution in [3.05, 3.63) is 0 Å². The topological polar surface area (TPSA) is 50.4 Å². The van der Waals surface area contributed by atoms with Gasteiger partial charge in [-0.2, -0.15) is 0 Å². The van der Waals surface area contributed by atoms with Gasteiger partial charge in [-0.05, 0) is 13.2 Å². The Morgan fingerprint density at radius 3 is 2.73 bits per heavy atom. The number of thioether (sulfide) groups is 1. The number of hydrogen-bond acceptors (Lipinski definition) is 4. The van der Waals surface area contributed by atoms with Crippen LogP contribution in [0.5, 0.6) is 0 Å². The second-order valence-electron chi connectivity index (χ2n) is 1.46. The molecular formula is C5H10N2O2S2. The smallest absolute Gasteiger partial charge is 0.425 e. The van der Waals surface area contributed by atoms with E-state index in [9.17, 15) is 4.79 Å². The first-order valence-electron chi connectivity index (χ1n) is 2.97. The van der Waals surface area contributed by atoms with Crippen LogP contribution in [-0.4, -0.2) is 23.3 Å². The van der Waals surface area contributed by atoms with Crippen molar-refractivity contribution in [1.29, 1.82) is 0 Å². The number of amides is 1. The molecule has 6 heteroatoms. The lowest BCUT2D eigenvalue weighted by Gasteiger charge is -2.06. The maximum atomic E-state index is 10.6. The van der Waals surface area contributed by atoms with Gasteiger partial charge in [-0.25, -0.2) is 10.2 Å². The van der Waals surface area contributed by atoms with Crippen LogP contribution >= 0.6 is 24.0 Å². The van der Waals surface area contributed by atoms with Crippen molar-refractivity contribution in [3.63, 3.8) is 0 Å². The zero-order chi connectivity index (χ0) is 8.69. The van der Waals surface area contributed by atoms with Crippen molar-refractivity contribution in [2.24, 2.45) is 0 Å². The average molecular weight is 194 g/mol. The number of ether oxygens (including phenoxy) is 1. The van der Waals surface area contributed by atoms with E-state index in [1.165, 1.54) is 11.8 Å². The Kier molecular flexibility index (Phi) is 5.96. The van der Waals surface area contributed by atoms with Crippen LogP contribution in [0.2, 0.25) is 0 Å². The summed E-state index contributed by atoms with van der Waals surface area (Å²) in [6, 6.07) is 0. The van der Waals surface area contributed by atoms with Crippen molar-refractivity contribution >= 4 is 34.4 Å². The Labute approximate surface area is 75.0 Å². The molecule has 0 aliphatic carbocycles. The van der Waals surface area contributed by atoms with E-state index >= 15 is 0 Å². The van der Waals surface area contributed by atoms with E-state index in [4.69, 9.17) is 12.2 Å². The third-order valence-corrected chi connectivity index (χ3v) is 1.80. The summed E-state index contributed by atoms with van der Waals surface area (Å²) in [5, 5.41) is 0. The highest BCUT2D eigenvalue weighted by Crippen LogP contribution is 1.91. The fourth-order valence-corrected chi connectivity index (χ4v) is 0.524. The molecule has 0 heterocycles. The van der Waals surface area contributed by atoms with Crippen LogP contribution in [0.15, 0.2) is 0 Å². The maximum absolute atomic E-state index is 10.6. The maximum Gasteiger partial charge on any atom is 0.425 e. The molecule has 0 aliphatic rings. The molecule has 0 aliphatic heterocycles. The lowest BCUT2D eigenvalue weighted by Crippen LogP contribution is -2.39. The highest BCUT2D eigenvalue weighted by Gasteiger charge is 1.98. The first-order chi connectivity index (χ1) is 5.20. The summed E-state index contributed by atoms with van der Waals surface area (Å²) in [7, 11) is 0. The highest BCUT2D eigenvalue weighted by molar-refractivity contribution is 8.22. The van der Waals surface area contributed by atoms with E-state index in [2.05, 4.69) is 15.6 Å². The van der Waals surface area contributed by atoms with Gasteiger partial charge in [0.2, 0.25) is 0 Å². The van der Waals surface area contributed by atoms with Crippen molar-refractivity contribution in [2.75, 3.05) is 12.9 Å². The highest BCUT2D eigenvalue weighted by atomic mass is 32.2. The third kappa shape index (κ3) is 5.93. The van der Waals surface area contributed by atoms with E-state index in [0.717, 1.165) is 0 Å². The summed E-state index contributed by atoms with van der Waals surface area (Å²) in [6.45, 7) is 2.08. The van der Waals surface area contributed by atoms with Crippen LogP contribution < -0.4 is 10.9 Å². The fourth-order valence-electron chi connectivity index (χ4n) is 0.320. The van der Waals surface area contributed by atoms with Gasteiger partial charge in [0.1, 0.15) is 0 Å². The van der Waals surface area contributed by atoms with Crippen molar-refractivity contribution in [3.8, 4) is 0 Å². The van der Waals surface area contributed by atoms with Crippen molar-refractivity contribution in [2.45, 2.75) is 6.92 Å². The van der Waals surface area contributed by atoms with Gasteiger partial charge in [0.25, 0.3) is 0 Å². The molecule has 0 fully saturated rings. The number of nitrogens with one attached hydrogen (secondary N) is 2. The Morgan fingerprint density at radius 1 is 1.64 bits per heavy atom. The van der Waals surface area contributed by atoms with Crippen LogP contribution in [0.1, 0.15) is 6.92 Å². The summed E-state index contributed by atoms with van der Waals surface area (Å²) in [6.07, 6.45) is 1.28. The monoisotopic (exact) mass is 194 g/mol. The van der Waals surface area contributed by atoms with E-state index < -0.39 is 6.09 Å². The largest absolute Gasteiger partial charge is 0.449 e. The molecule has 0 radical (unpaired) electrons. The minimum Gasteiger partial charge on any atom is -0.449 e. The van der Waals surface area contributed by atoms with Gasteiger partial charge < -0.3 is 4.74 Å². The predicted molar refractivity (Wildman–Crippen MR) is 49.4 cm³/mol. The molecule has 0 atom stereocenters. The molecule has 0 rings (SSSR count). The summed E-state index contributed by atoms with van der Waals surface area (Å²) in [5.41, 5.74) is 4.75. The lowest BCUT2D eigenvalue weighted by atomic mass is 10.9. The van der Waals surface area contributed by atoms with Gasteiger partial charge in [-0.1, -0.05) is 24.0 Å². The summed E-state index contributed by atoms with van der Waals surface area (Å²) >= 11 is 6.07. The summed E-state index contributed by atoms with van der Waals surface area (Å²) < 4.78 is 5.05. The number of carbonyl (C=O) groups is 1. The molecule has 64 valence electrons. The molecule has 1 amide bonds. The molecule has 0 saturated carbocycles. The van der Waals surface area contributed by atoms with Gasteiger partial charge in [0.05, 0.1) is 6.61 Å². The molecule has 2 N–H and O–H groups in total. The zero-order valence-corrected chi connectivity index (χ0v) is 7.97. The Bertz CT molecular complexity index is 151. The first kappa shape index (κ1) is 10.5. The SMILES string of the molecule is CCOC(=O)NNC(=S)SC. The molecule has 0 aromatic heterocycles. The van der Waals surface area contributed by atoms with Crippen LogP contribution in [0.3, 0.4) is 0 Å². The van der Waals surface area contributed by atoms with Gasteiger partial charge >= 0.3 is 6.09 Å². The molecule has 0 aromatic rings. The number of hydrogen-bond donors (Lipinski definition) is 2. The summed E-state index contributed by atoms with van der Waals surface area (Å²) in [4.78, 5) is 10.6. The second kappa shape index (κ2) is 6.23. The normalized spacial score (nSPS) is 8.55. The third-order valence-electron chi connectivity index (χ3n) is 0.727. The van der Waals surface area contributed by atoms with E-state index in [0.29, 0.717) is 10.9 Å². The predicted octanol–water partition coefficient (Wildman–Crippen LogP) is 0.885. The van der Waals surface area contributed by atoms with Crippen LogP contribution in [0, 0.1) is 0 Å². The Balaban J connectivity index is 3.38. The van der Waals surface area contributed by atoms with E-state index in [-0.39, 0.29) is 0 Å². The van der Waals surface area contributed by atoms with E-state index in [1.54, 1.807) is 6.92 Å². The molecule has 11 heavy (non-hydrogen) atoms. The average Bonchev–Trinajstić information content (AvgIpc) is 2.01. The van der Waals surface area contributed by atoms with Crippen molar-refractivity contribution in [1.82, 2.24) is 10.9 Å². The minimum atomic E-state index is -0.524. The van der Waals surface area contributed by atoms with Gasteiger partial charge in [-0.15, -0.1) is 0 Å². The van der Waals surface area contributed by atoms with E-state index in [1.807, 2.05) is 6.26 Å². The second-order valence-corrected chi connectivity index (χ2v) is 2.95. The van der Waals surface area contributed by atoms with Crippen molar-refractivity contribution < 1.29 is 9.53 Å². The lowest BCUT2D eigenvalue weighted by molar-refractivity contribution is 0.150. The van der Waals surface area contributed by atoms with Gasteiger partial charge in [0.15, 0.2) is 4.32 Å². The standard InChI is InChI=1S/C5H10N2O2S2/c1-3-9-4(8)6-7-5(10)11-2/h3H2,1-2H3,(H,6,8)(H,7,10). The quantitative estimate of drug-likeness (QED) is 0.479. The first-order valence-corrected chi connectivity index (χ1v) is 4.60. The zero-order valence-electron chi connectivity index (χ0n) is 6.34. The Hall–Kier alpha value is -0.490. The number of carbonyl (C=O) groups excluding carboxylic acids is 1. The molecule has 0 spiro atoms. The number of rotatable bonds is 1. The van der Waals surface area contributed by atoms with Gasteiger partial charge in [-0.3, -0.25) is 5.43 Å². The molecule has 0 unspecified atom stereocenters. The van der Waals surface area contributed by atoms with Crippen LogP contribution in [0.25, 0.3) is 0 Å². The number of thiocarbonyl (C=S) groups is 1. The van der Waals surface area contributed by atoms with Crippen LogP contribution in [0.4, 0.5) is 4.79 Å². The molecule has 0 aromatic carbocycles. The molecule has 0 bridgehead atoms.